The van der Waals surface area contributed by atoms with Gasteiger partial charge in [-0.1, -0.05) is 42.5 Å². The van der Waals surface area contributed by atoms with Gasteiger partial charge in [0, 0.05) is 43.3 Å². The summed E-state index contributed by atoms with van der Waals surface area (Å²) in [5, 5.41) is 6.56. The highest BCUT2D eigenvalue weighted by Crippen LogP contribution is 2.38. The fraction of sp³-hybridized carbons (Fsp3) is 0.294. The van der Waals surface area contributed by atoms with Crippen LogP contribution in [-0.2, 0) is 20.7 Å². The van der Waals surface area contributed by atoms with Crippen molar-refractivity contribution in [2.24, 2.45) is 0 Å². The lowest BCUT2D eigenvalue weighted by Crippen LogP contribution is -2.37. The lowest BCUT2D eigenvalue weighted by atomic mass is 10.1. The van der Waals surface area contributed by atoms with Crippen LogP contribution in [0.1, 0.15) is 12.0 Å². The minimum Gasteiger partial charge on any atom is -0.493 e. The molecule has 0 aromatic heterocycles. The molecular weight excluding hydrogens is 565 g/mol. The highest BCUT2D eigenvalue weighted by atomic mass is 19.1. The lowest BCUT2D eigenvalue weighted by Gasteiger charge is -2.26. The molecule has 2 amide bonds. The number of rotatable bonds is 12. The van der Waals surface area contributed by atoms with E-state index in [1.807, 2.05) is 54.6 Å². The summed E-state index contributed by atoms with van der Waals surface area (Å²) in [7, 11) is 1.57. The molecule has 10 heteroatoms. The van der Waals surface area contributed by atoms with Crippen molar-refractivity contribution in [3.05, 3.63) is 90.2 Å². The third-order valence-electron chi connectivity index (χ3n) is 7.26. The molecule has 1 fully saturated rings. The van der Waals surface area contributed by atoms with E-state index in [2.05, 4.69) is 15.5 Å². The van der Waals surface area contributed by atoms with Crippen molar-refractivity contribution < 1.29 is 32.9 Å². The molecule has 230 valence electrons. The molecule has 1 heterocycles. The maximum atomic E-state index is 15.1. The molecule has 0 unspecified atom stereocenters. The fourth-order valence-corrected chi connectivity index (χ4v) is 4.93. The highest BCUT2D eigenvalue weighted by molar-refractivity contribution is 6.39. The summed E-state index contributed by atoms with van der Waals surface area (Å²) < 4.78 is 38.1. The van der Waals surface area contributed by atoms with Gasteiger partial charge in [-0.2, -0.15) is 0 Å². The molecule has 0 bridgehead atoms. The molecule has 1 saturated heterocycles. The number of ether oxygens (including phenoxy) is 4. The molecule has 4 aromatic carbocycles. The summed E-state index contributed by atoms with van der Waals surface area (Å²) in [6.07, 6.45) is 1.46. The van der Waals surface area contributed by atoms with Crippen molar-refractivity contribution in [1.82, 2.24) is 10.2 Å². The quantitative estimate of drug-likeness (QED) is 0.171. The zero-order chi connectivity index (χ0) is 30.7. The van der Waals surface area contributed by atoms with Crippen LogP contribution in [0.15, 0.2) is 78.9 Å². The largest absolute Gasteiger partial charge is 0.493 e. The summed E-state index contributed by atoms with van der Waals surface area (Å²) in [5.41, 5.74) is 1.17. The van der Waals surface area contributed by atoms with Crippen molar-refractivity contribution in [1.29, 1.82) is 0 Å². The third-order valence-corrected chi connectivity index (χ3v) is 7.26. The average Bonchev–Trinajstić information content (AvgIpc) is 3.05. The number of amides is 2. The van der Waals surface area contributed by atoms with E-state index in [0.29, 0.717) is 42.2 Å². The lowest BCUT2D eigenvalue weighted by molar-refractivity contribution is -0.136. The van der Waals surface area contributed by atoms with Crippen molar-refractivity contribution in [3.63, 3.8) is 0 Å². The van der Waals surface area contributed by atoms with Gasteiger partial charge in [-0.3, -0.25) is 14.5 Å². The van der Waals surface area contributed by atoms with E-state index in [4.69, 9.17) is 18.9 Å². The molecule has 44 heavy (non-hydrogen) atoms. The van der Waals surface area contributed by atoms with E-state index in [0.717, 1.165) is 56.3 Å². The summed E-state index contributed by atoms with van der Waals surface area (Å²) in [6.45, 7) is 5.19. The number of nitrogens with zero attached hydrogens (tertiary/aromatic N) is 1. The van der Waals surface area contributed by atoms with Gasteiger partial charge in [0.25, 0.3) is 0 Å². The number of carbonyl (C=O) groups is 2. The highest BCUT2D eigenvalue weighted by Gasteiger charge is 2.17. The second-order valence-electron chi connectivity index (χ2n) is 10.3. The van der Waals surface area contributed by atoms with Crippen LogP contribution in [0.25, 0.3) is 10.8 Å². The predicted molar refractivity (Wildman–Crippen MR) is 166 cm³/mol. The van der Waals surface area contributed by atoms with Crippen LogP contribution in [-0.4, -0.2) is 69.8 Å². The topological polar surface area (TPSA) is 98.4 Å². The molecule has 1 aliphatic heterocycles. The van der Waals surface area contributed by atoms with Gasteiger partial charge >= 0.3 is 11.8 Å². The van der Waals surface area contributed by atoms with E-state index in [9.17, 15) is 9.59 Å². The Bertz CT molecular complexity index is 1580. The first kappa shape index (κ1) is 30.8. The maximum absolute atomic E-state index is 15.1. The molecule has 0 atom stereocenters. The van der Waals surface area contributed by atoms with E-state index in [1.165, 1.54) is 12.1 Å². The molecule has 5 rings (SSSR count). The minimum atomic E-state index is -0.883. The number of methoxy groups -OCH3 is 1. The first-order valence-corrected chi connectivity index (χ1v) is 14.6. The van der Waals surface area contributed by atoms with Crippen LogP contribution >= 0.6 is 0 Å². The van der Waals surface area contributed by atoms with E-state index >= 15 is 4.39 Å². The number of benzene rings is 4. The Balaban J connectivity index is 1.19. The summed E-state index contributed by atoms with van der Waals surface area (Å²) in [5.74, 6) is -0.830. The number of nitrogens with one attached hydrogen (secondary N) is 2. The number of anilines is 1. The number of morpholine rings is 1. The molecule has 2 N–H and O–H groups in total. The summed E-state index contributed by atoms with van der Waals surface area (Å²) in [6, 6.07) is 22.8. The van der Waals surface area contributed by atoms with Crippen LogP contribution in [0.2, 0.25) is 0 Å². The Morgan fingerprint density at radius 3 is 2.48 bits per heavy atom. The second-order valence-corrected chi connectivity index (χ2v) is 10.3. The summed E-state index contributed by atoms with van der Waals surface area (Å²) in [4.78, 5) is 26.9. The number of hydrogen-bond acceptors (Lipinski definition) is 7. The molecule has 0 radical (unpaired) electrons. The molecule has 1 aliphatic rings. The van der Waals surface area contributed by atoms with Gasteiger partial charge in [0.05, 0.1) is 26.9 Å². The smallest absolute Gasteiger partial charge is 0.313 e. The van der Waals surface area contributed by atoms with Crippen LogP contribution in [0.5, 0.6) is 23.0 Å². The fourth-order valence-electron chi connectivity index (χ4n) is 4.93. The molecule has 0 aliphatic carbocycles. The van der Waals surface area contributed by atoms with E-state index < -0.39 is 17.6 Å². The van der Waals surface area contributed by atoms with Crippen LogP contribution in [0, 0.1) is 5.82 Å². The van der Waals surface area contributed by atoms with Crippen LogP contribution < -0.4 is 24.8 Å². The number of fused-ring (bicyclic) bond motifs is 1. The van der Waals surface area contributed by atoms with Crippen molar-refractivity contribution in [2.45, 2.75) is 12.8 Å². The van der Waals surface area contributed by atoms with Crippen LogP contribution in [0.3, 0.4) is 0 Å². The van der Waals surface area contributed by atoms with Crippen molar-refractivity contribution in [2.75, 3.05) is 58.4 Å². The number of hydrogen-bond donors (Lipinski definition) is 2. The van der Waals surface area contributed by atoms with Gasteiger partial charge in [0.2, 0.25) is 0 Å². The van der Waals surface area contributed by atoms with Crippen molar-refractivity contribution in [3.8, 4) is 23.0 Å². The van der Waals surface area contributed by atoms with Gasteiger partial charge in [0.15, 0.2) is 23.1 Å². The van der Waals surface area contributed by atoms with Crippen LogP contribution in [0.4, 0.5) is 10.1 Å². The van der Waals surface area contributed by atoms with Gasteiger partial charge < -0.3 is 29.6 Å². The zero-order valence-electron chi connectivity index (χ0n) is 24.6. The van der Waals surface area contributed by atoms with Gasteiger partial charge in [-0.05, 0) is 54.1 Å². The minimum absolute atomic E-state index is 0.0368. The Kier molecular flexibility index (Phi) is 10.6. The molecule has 9 nitrogen and oxygen atoms in total. The summed E-state index contributed by atoms with van der Waals surface area (Å²) >= 11 is 0. The Morgan fingerprint density at radius 2 is 1.70 bits per heavy atom. The predicted octanol–water partition coefficient (Wildman–Crippen LogP) is 5.18. The zero-order valence-corrected chi connectivity index (χ0v) is 24.6. The monoisotopic (exact) mass is 601 g/mol. The molecular formula is C34H36FN3O6. The first-order chi connectivity index (χ1) is 21.5. The Morgan fingerprint density at radius 1 is 0.886 bits per heavy atom. The standard InChI is InChI=1S/C34H36FN3O6/c1-41-31-23-27-25(21-32(31)43-18-6-15-38-16-19-42-20-17-38)9-5-10-29(27)44-30-12-11-26(22-28(30)35)37-34(40)33(39)36-14-13-24-7-3-2-4-8-24/h2-5,7-12,21-23H,6,13-20H2,1H3,(H,36,39)(H,37,40). The van der Waals surface area contributed by atoms with E-state index in [-0.39, 0.29) is 11.4 Å². The van der Waals surface area contributed by atoms with Gasteiger partial charge in [-0.15, -0.1) is 0 Å². The number of carbonyl (C=O) groups excluding carboxylic acids is 2. The van der Waals surface area contributed by atoms with Gasteiger partial charge in [0.1, 0.15) is 5.75 Å². The SMILES string of the molecule is COc1cc2c(Oc3ccc(NC(=O)C(=O)NCCc4ccccc4)cc3F)cccc2cc1OCCCN1CCOCC1. The third kappa shape index (κ3) is 8.24. The molecule has 4 aromatic rings. The normalized spacial score (nSPS) is 13.3. The second kappa shape index (κ2) is 15.2. The Labute approximate surface area is 255 Å². The first-order valence-electron chi connectivity index (χ1n) is 14.6. The van der Waals surface area contributed by atoms with Gasteiger partial charge in [-0.25, -0.2) is 4.39 Å². The van der Waals surface area contributed by atoms with Crippen molar-refractivity contribution >= 4 is 28.3 Å². The van der Waals surface area contributed by atoms with E-state index in [1.54, 1.807) is 13.2 Å². The maximum Gasteiger partial charge on any atom is 0.313 e. The Hall–Kier alpha value is -4.67. The average molecular weight is 602 g/mol. The molecule has 0 saturated carbocycles. The number of halogens is 1. The molecule has 0 spiro atoms.